The monoisotopic (exact) mass is 319 g/mol. The van der Waals surface area contributed by atoms with Crippen molar-refractivity contribution in [1.29, 1.82) is 0 Å². The number of amides is 1. The maximum atomic E-state index is 12.7. The van der Waals surface area contributed by atoms with Crippen LogP contribution in [0.4, 0.5) is 5.69 Å². The smallest absolute Gasteiger partial charge is 0.274 e. The van der Waals surface area contributed by atoms with Crippen LogP contribution < -0.4 is 5.32 Å². The van der Waals surface area contributed by atoms with Crippen molar-refractivity contribution in [2.24, 2.45) is 0 Å². The van der Waals surface area contributed by atoms with Crippen LogP contribution in [0.5, 0.6) is 0 Å². The maximum absolute atomic E-state index is 12.7. The van der Waals surface area contributed by atoms with Crippen molar-refractivity contribution in [3.8, 4) is 0 Å². The number of carbonyl (C=O) groups is 1. The number of hydrogen-bond donors (Lipinski definition) is 1. The molecule has 0 radical (unpaired) electrons. The number of pyridine rings is 2. The van der Waals surface area contributed by atoms with E-state index >= 15 is 0 Å². The lowest BCUT2D eigenvalue weighted by molar-refractivity contribution is 0.102. The Balaban J connectivity index is 2.13. The zero-order chi connectivity index (χ0) is 17.3. The van der Waals surface area contributed by atoms with E-state index in [9.17, 15) is 4.79 Å². The number of rotatable bonds is 3. The molecule has 0 aliphatic heterocycles. The summed E-state index contributed by atoms with van der Waals surface area (Å²) < 4.78 is 0. The van der Waals surface area contributed by atoms with Crippen LogP contribution in [-0.4, -0.2) is 15.9 Å². The molecule has 0 aliphatic rings. The molecule has 0 unspecified atom stereocenters. The van der Waals surface area contributed by atoms with Gasteiger partial charge in [-0.15, -0.1) is 0 Å². The predicted molar refractivity (Wildman–Crippen MR) is 97.5 cm³/mol. The van der Waals surface area contributed by atoms with Gasteiger partial charge in [0.1, 0.15) is 5.69 Å². The highest BCUT2D eigenvalue weighted by Gasteiger charge is 2.18. The van der Waals surface area contributed by atoms with E-state index in [0.29, 0.717) is 5.69 Å². The molecule has 0 saturated carbocycles. The Hall–Kier alpha value is -2.75. The number of nitrogens with one attached hydrogen (secondary N) is 1. The van der Waals surface area contributed by atoms with E-state index in [1.807, 2.05) is 50.2 Å². The summed E-state index contributed by atoms with van der Waals surface area (Å²) >= 11 is 0. The van der Waals surface area contributed by atoms with E-state index in [4.69, 9.17) is 0 Å². The third kappa shape index (κ3) is 3.00. The number of nitrogens with zero attached hydrogens (tertiary/aromatic N) is 2. The van der Waals surface area contributed by atoms with Crippen LogP contribution in [0.2, 0.25) is 0 Å². The Kier molecular flexibility index (Phi) is 4.30. The van der Waals surface area contributed by atoms with E-state index in [1.165, 1.54) is 0 Å². The van der Waals surface area contributed by atoms with Crippen molar-refractivity contribution in [1.82, 2.24) is 9.97 Å². The highest BCUT2D eigenvalue weighted by Crippen LogP contribution is 2.33. The standard InChI is InChI=1S/C20H21N3O/c1-12(2)18-14(4)22-16-10-6-5-9-15(16)19(18)23-20(24)17-11-7-8-13(3)21-17/h5-12H,1-4H3,(H,22,23,24). The van der Waals surface area contributed by atoms with Gasteiger partial charge in [0.05, 0.1) is 11.2 Å². The topological polar surface area (TPSA) is 54.9 Å². The molecule has 4 heteroatoms. The molecule has 3 aromatic rings. The van der Waals surface area contributed by atoms with E-state index in [-0.39, 0.29) is 11.8 Å². The third-order valence-corrected chi connectivity index (χ3v) is 4.06. The molecule has 1 amide bonds. The zero-order valence-electron chi connectivity index (χ0n) is 14.4. The molecule has 0 fully saturated rings. The van der Waals surface area contributed by atoms with E-state index in [1.54, 1.807) is 6.07 Å². The Labute approximate surface area is 142 Å². The van der Waals surface area contributed by atoms with Crippen LogP contribution in [0, 0.1) is 13.8 Å². The summed E-state index contributed by atoms with van der Waals surface area (Å²) in [6, 6.07) is 13.3. The Morgan fingerprint density at radius 3 is 2.46 bits per heavy atom. The minimum absolute atomic E-state index is 0.198. The molecule has 0 saturated heterocycles. The zero-order valence-corrected chi connectivity index (χ0v) is 14.4. The van der Waals surface area contributed by atoms with Gasteiger partial charge < -0.3 is 5.32 Å². The normalized spacial score (nSPS) is 11.0. The first-order valence-electron chi connectivity index (χ1n) is 8.11. The SMILES string of the molecule is Cc1cccc(C(=O)Nc2c(C(C)C)c(C)nc3ccccc23)n1. The molecule has 0 aliphatic carbocycles. The molecule has 2 aromatic heterocycles. The summed E-state index contributed by atoms with van der Waals surface area (Å²) in [6.07, 6.45) is 0. The lowest BCUT2D eigenvalue weighted by atomic mass is 9.96. The number of fused-ring (bicyclic) bond motifs is 1. The second-order valence-electron chi connectivity index (χ2n) is 6.28. The molecule has 0 spiro atoms. The second-order valence-corrected chi connectivity index (χ2v) is 6.28. The highest BCUT2D eigenvalue weighted by molar-refractivity contribution is 6.08. The average Bonchev–Trinajstić information content (AvgIpc) is 2.54. The summed E-state index contributed by atoms with van der Waals surface area (Å²) in [5.74, 6) is 0.0548. The van der Waals surface area contributed by atoms with E-state index < -0.39 is 0 Å². The second kappa shape index (κ2) is 6.40. The van der Waals surface area contributed by atoms with E-state index in [2.05, 4.69) is 29.1 Å². The fraction of sp³-hybridized carbons (Fsp3) is 0.250. The highest BCUT2D eigenvalue weighted by atomic mass is 16.1. The Bertz CT molecular complexity index is 916. The number of hydrogen-bond acceptors (Lipinski definition) is 3. The number of aromatic nitrogens is 2. The number of para-hydroxylation sites is 1. The van der Waals surface area contributed by atoms with Gasteiger partial charge in [-0.1, -0.05) is 38.1 Å². The van der Waals surface area contributed by atoms with Crippen LogP contribution in [-0.2, 0) is 0 Å². The molecular weight excluding hydrogens is 298 g/mol. The van der Waals surface area contributed by atoms with Gasteiger partial charge in [-0.2, -0.15) is 0 Å². The van der Waals surface area contributed by atoms with Crippen molar-refractivity contribution in [2.75, 3.05) is 5.32 Å². The lowest BCUT2D eigenvalue weighted by Crippen LogP contribution is -2.17. The fourth-order valence-corrected chi connectivity index (χ4v) is 3.04. The predicted octanol–water partition coefficient (Wildman–Crippen LogP) is 4.62. The Morgan fingerprint density at radius 2 is 1.75 bits per heavy atom. The van der Waals surface area contributed by atoms with Gasteiger partial charge in [0.15, 0.2) is 0 Å². The number of aryl methyl sites for hydroxylation is 2. The summed E-state index contributed by atoms with van der Waals surface area (Å²) in [5.41, 5.74) is 4.96. The third-order valence-electron chi connectivity index (χ3n) is 4.06. The molecule has 4 nitrogen and oxygen atoms in total. The first kappa shape index (κ1) is 16.1. The summed E-state index contributed by atoms with van der Waals surface area (Å²) in [5, 5.41) is 4.03. The van der Waals surface area contributed by atoms with Crippen LogP contribution in [0.3, 0.4) is 0 Å². The Morgan fingerprint density at radius 1 is 1.00 bits per heavy atom. The van der Waals surface area contributed by atoms with Crippen LogP contribution in [0.1, 0.15) is 47.2 Å². The van der Waals surface area contributed by atoms with Crippen molar-refractivity contribution in [2.45, 2.75) is 33.6 Å². The summed E-state index contributed by atoms with van der Waals surface area (Å²) in [4.78, 5) is 21.7. The average molecular weight is 319 g/mol. The first-order valence-corrected chi connectivity index (χ1v) is 8.11. The molecule has 0 atom stereocenters. The molecule has 2 heterocycles. The van der Waals surface area contributed by atoms with Gasteiger partial charge >= 0.3 is 0 Å². The number of carbonyl (C=O) groups excluding carboxylic acids is 1. The number of benzene rings is 1. The van der Waals surface area contributed by atoms with Gasteiger partial charge in [-0.05, 0) is 38.0 Å². The molecule has 1 N–H and O–H groups in total. The minimum atomic E-state index is -0.198. The van der Waals surface area contributed by atoms with Crippen LogP contribution in [0.15, 0.2) is 42.5 Å². The molecule has 3 rings (SSSR count). The number of anilines is 1. The fourth-order valence-electron chi connectivity index (χ4n) is 3.04. The van der Waals surface area contributed by atoms with E-state index in [0.717, 1.165) is 33.5 Å². The van der Waals surface area contributed by atoms with Crippen molar-refractivity contribution in [3.63, 3.8) is 0 Å². The van der Waals surface area contributed by atoms with Gasteiger partial charge in [0.25, 0.3) is 5.91 Å². The van der Waals surface area contributed by atoms with Crippen molar-refractivity contribution in [3.05, 3.63) is 65.1 Å². The molecule has 1 aromatic carbocycles. The van der Waals surface area contributed by atoms with Gasteiger partial charge in [0, 0.05) is 22.3 Å². The first-order chi connectivity index (χ1) is 11.5. The van der Waals surface area contributed by atoms with Crippen LogP contribution in [0.25, 0.3) is 10.9 Å². The summed E-state index contributed by atoms with van der Waals surface area (Å²) in [7, 11) is 0. The van der Waals surface area contributed by atoms with Gasteiger partial charge in [-0.3, -0.25) is 9.78 Å². The molecular formula is C20H21N3O. The van der Waals surface area contributed by atoms with Crippen molar-refractivity contribution >= 4 is 22.5 Å². The van der Waals surface area contributed by atoms with Crippen LogP contribution >= 0.6 is 0 Å². The molecule has 122 valence electrons. The molecule has 0 bridgehead atoms. The quantitative estimate of drug-likeness (QED) is 0.766. The largest absolute Gasteiger partial charge is 0.320 e. The maximum Gasteiger partial charge on any atom is 0.274 e. The van der Waals surface area contributed by atoms with Gasteiger partial charge in [-0.25, -0.2) is 4.98 Å². The lowest BCUT2D eigenvalue weighted by Gasteiger charge is -2.18. The molecule has 24 heavy (non-hydrogen) atoms. The minimum Gasteiger partial charge on any atom is -0.320 e. The summed E-state index contributed by atoms with van der Waals surface area (Å²) in [6.45, 7) is 8.09. The van der Waals surface area contributed by atoms with Crippen molar-refractivity contribution < 1.29 is 4.79 Å². The van der Waals surface area contributed by atoms with Gasteiger partial charge in [0.2, 0.25) is 0 Å².